The molecule has 2 aromatic carbocycles. The van der Waals surface area contributed by atoms with Gasteiger partial charge in [-0.05, 0) is 48.7 Å². The lowest BCUT2D eigenvalue weighted by atomic mass is 10.1. The Labute approximate surface area is 134 Å². The molecule has 0 spiro atoms. The first-order valence-corrected chi connectivity index (χ1v) is 7.45. The number of anilines is 1. The van der Waals surface area contributed by atoms with Crippen molar-refractivity contribution in [2.45, 2.75) is 20.3 Å². The first kappa shape index (κ1) is 16.9. The molecule has 0 aliphatic carbocycles. The molecule has 0 radical (unpaired) electrons. The van der Waals surface area contributed by atoms with E-state index in [4.69, 9.17) is 4.74 Å². The Kier molecular flexibility index (Phi) is 5.68. The quantitative estimate of drug-likeness (QED) is 0.842. The molecular weight excluding hydrogens is 300 g/mol. The number of carbonyl (C=O) groups is 1. The molecule has 23 heavy (non-hydrogen) atoms. The lowest BCUT2D eigenvalue weighted by Crippen LogP contribution is -2.14. The first-order valence-electron chi connectivity index (χ1n) is 7.45. The number of amides is 1. The first-order chi connectivity index (χ1) is 11.0. The summed E-state index contributed by atoms with van der Waals surface area (Å²) in [4.78, 5) is 12.0. The minimum Gasteiger partial charge on any atom is -0.494 e. The largest absolute Gasteiger partial charge is 0.494 e. The van der Waals surface area contributed by atoms with Gasteiger partial charge in [-0.25, -0.2) is 8.78 Å². The van der Waals surface area contributed by atoms with E-state index < -0.39 is 23.2 Å². The maximum absolute atomic E-state index is 13.5. The van der Waals surface area contributed by atoms with Crippen molar-refractivity contribution in [3.8, 4) is 5.75 Å². The summed E-state index contributed by atoms with van der Waals surface area (Å²) in [5, 5.41) is 2.24. The van der Waals surface area contributed by atoms with Crippen molar-refractivity contribution in [3.05, 3.63) is 59.7 Å². The Bertz CT molecular complexity index is 649. The van der Waals surface area contributed by atoms with Crippen molar-refractivity contribution in [1.82, 2.24) is 0 Å². The predicted octanol–water partition coefficient (Wildman–Crippen LogP) is 4.64. The van der Waals surface area contributed by atoms with Gasteiger partial charge in [0.05, 0.1) is 6.61 Å². The zero-order chi connectivity index (χ0) is 16.8. The van der Waals surface area contributed by atoms with Crippen LogP contribution in [-0.4, -0.2) is 12.5 Å². The minimum atomic E-state index is -0.813. The van der Waals surface area contributed by atoms with Gasteiger partial charge in [-0.15, -0.1) is 0 Å². The van der Waals surface area contributed by atoms with Crippen molar-refractivity contribution in [3.63, 3.8) is 0 Å². The van der Waals surface area contributed by atoms with Gasteiger partial charge >= 0.3 is 0 Å². The summed E-state index contributed by atoms with van der Waals surface area (Å²) in [7, 11) is 0. The second-order valence-corrected chi connectivity index (χ2v) is 5.61. The van der Waals surface area contributed by atoms with E-state index in [1.807, 2.05) is 0 Å². The van der Waals surface area contributed by atoms with Gasteiger partial charge in [-0.3, -0.25) is 4.79 Å². The zero-order valence-corrected chi connectivity index (χ0v) is 13.1. The van der Waals surface area contributed by atoms with Crippen LogP contribution in [0, 0.1) is 17.6 Å². The van der Waals surface area contributed by atoms with Gasteiger partial charge in [0.25, 0.3) is 5.91 Å². The third-order valence-corrected chi connectivity index (χ3v) is 3.28. The van der Waals surface area contributed by atoms with Crippen LogP contribution >= 0.6 is 0 Å². The summed E-state index contributed by atoms with van der Waals surface area (Å²) < 4.78 is 32.6. The van der Waals surface area contributed by atoms with Gasteiger partial charge in [-0.2, -0.15) is 0 Å². The molecule has 5 heteroatoms. The van der Waals surface area contributed by atoms with Crippen LogP contribution in [0.2, 0.25) is 0 Å². The standard InChI is InChI=1S/C18H19F2NO2/c1-12(2)10-11-23-14-8-6-13(7-9-14)18(22)21-17-15(19)4-3-5-16(17)20/h3-9,12H,10-11H2,1-2H3,(H,21,22). The Morgan fingerprint density at radius 3 is 2.26 bits per heavy atom. The van der Waals surface area contributed by atoms with Gasteiger partial charge in [0.1, 0.15) is 23.1 Å². The molecule has 0 heterocycles. The normalized spacial score (nSPS) is 10.7. The Balaban J connectivity index is 2.00. The van der Waals surface area contributed by atoms with E-state index in [-0.39, 0.29) is 0 Å². The lowest BCUT2D eigenvalue weighted by molar-refractivity contribution is 0.102. The molecule has 0 saturated heterocycles. The van der Waals surface area contributed by atoms with Crippen LogP contribution in [0.4, 0.5) is 14.5 Å². The van der Waals surface area contributed by atoms with Crippen LogP contribution in [0.5, 0.6) is 5.75 Å². The Morgan fingerprint density at radius 1 is 1.09 bits per heavy atom. The maximum atomic E-state index is 13.5. The molecule has 0 atom stereocenters. The molecule has 1 N–H and O–H groups in total. The van der Waals surface area contributed by atoms with E-state index in [0.29, 0.717) is 23.8 Å². The molecule has 0 saturated carbocycles. The topological polar surface area (TPSA) is 38.3 Å². The van der Waals surface area contributed by atoms with E-state index >= 15 is 0 Å². The van der Waals surface area contributed by atoms with Crippen molar-refractivity contribution in [2.75, 3.05) is 11.9 Å². The summed E-state index contributed by atoms with van der Waals surface area (Å²) in [6.07, 6.45) is 0.939. The van der Waals surface area contributed by atoms with Crippen LogP contribution in [0.15, 0.2) is 42.5 Å². The highest BCUT2D eigenvalue weighted by molar-refractivity contribution is 6.04. The van der Waals surface area contributed by atoms with E-state index in [1.54, 1.807) is 24.3 Å². The van der Waals surface area contributed by atoms with Gasteiger partial charge < -0.3 is 10.1 Å². The van der Waals surface area contributed by atoms with E-state index in [0.717, 1.165) is 18.6 Å². The van der Waals surface area contributed by atoms with Gasteiger partial charge in [-0.1, -0.05) is 19.9 Å². The molecule has 3 nitrogen and oxygen atoms in total. The highest BCUT2D eigenvalue weighted by atomic mass is 19.1. The van der Waals surface area contributed by atoms with Gasteiger partial charge in [0.15, 0.2) is 0 Å². The fraction of sp³-hybridized carbons (Fsp3) is 0.278. The number of benzene rings is 2. The molecule has 0 unspecified atom stereocenters. The second kappa shape index (κ2) is 7.72. The summed E-state index contributed by atoms with van der Waals surface area (Å²) >= 11 is 0. The second-order valence-electron chi connectivity index (χ2n) is 5.61. The zero-order valence-electron chi connectivity index (χ0n) is 13.1. The van der Waals surface area contributed by atoms with Crippen LogP contribution in [-0.2, 0) is 0 Å². The Hall–Kier alpha value is -2.43. The monoisotopic (exact) mass is 319 g/mol. The highest BCUT2D eigenvalue weighted by Gasteiger charge is 2.13. The van der Waals surface area contributed by atoms with E-state index in [2.05, 4.69) is 19.2 Å². The number of halogens is 2. The highest BCUT2D eigenvalue weighted by Crippen LogP contribution is 2.20. The van der Waals surface area contributed by atoms with Gasteiger partial charge in [0.2, 0.25) is 0 Å². The average molecular weight is 319 g/mol. The summed E-state index contributed by atoms with van der Waals surface area (Å²) in [6, 6.07) is 9.84. The van der Waals surface area contributed by atoms with Gasteiger partial charge in [0, 0.05) is 5.56 Å². The summed E-state index contributed by atoms with van der Waals surface area (Å²) in [5.74, 6) is -1.00. The smallest absolute Gasteiger partial charge is 0.255 e. The number of rotatable bonds is 6. The third-order valence-electron chi connectivity index (χ3n) is 3.28. The van der Waals surface area contributed by atoms with Crippen molar-refractivity contribution in [1.29, 1.82) is 0 Å². The fourth-order valence-corrected chi connectivity index (χ4v) is 1.92. The molecule has 0 bridgehead atoms. The lowest BCUT2D eigenvalue weighted by Gasteiger charge is -2.10. The Morgan fingerprint density at radius 2 is 1.70 bits per heavy atom. The molecule has 0 aliphatic heterocycles. The SMILES string of the molecule is CC(C)CCOc1ccc(C(=O)Nc2c(F)cccc2F)cc1. The number of carbonyl (C=O) groups excluding carboxylic acids is 1. The van der Waals surface area contributed by atoms with E-state index in [9.17, 15) is 13.6 Å². The van der Waals surface area contributed by atoms with Crippen LogP contribution in [0.3, 0.4) is 0 Å². The van der Waals surface area contributed by atoms with Crippen molar-refractivity contribution in [2.24, 2.45) is 5.92 Å². The number of para-hydroxylation sites is 1. The van der Waals surface area contributed by atoms with Crippen LogP contribution < -0.4 is 10.1 Å². The molecule has 2 aromatic rings. The molecule has 0 aliphatic rings. The van der Waals surface area contributed by atoms with Crippen LogP contribution in [0.1, 0.15) is 30.6 Å². The van der Waals surface area contributed by atoms with E-state index in [1.165, 1.54) is 6.07 Å². The molecule has 122 valence electrons. The average Bonchev–Trinajstić information content (AvgIpc) is 2.51. The summed E-state index contributed by atoms with van der Waals surface area (Å²) in [5.41, 5.74) is -0.154. The van der Waals surface area contributed by atoms with Crippen LogP contribution in [0.25, 0.3) is 0 Å². The summed E-state index contributed by atoms with van der Waals surface area (Å²) in [6.45, 7) is 4.82. The maximum Gasteiger partial charge on any atom is 0.255 e. The molecule has 2 rings (SSSR count). The number of hydrogen-bond acceptors (Lipinski definition) is 2. The number of nitrogens with one attached hydrogen (secondary N) is 1. The molecule has 0 fully saturated rings. The van der Waals surface area contributed by atoms with Crippen molar-refractivity contribution >= 4 is 11.6 Å². The molecule has 1 amide bonds. The number of ether oxygens (including phenoxy) is 1. The fourth-order valence-electron chi connectivity index (χ4n) is 1.92. The minimum absolute atomic E-state index is 0.295. The third kappa shape index (κ3) is 4.77. The number of hydrogen-bond donors (Lipinski definition) is 1. The predicted molar refractivity (Wildman–Crippen MR) is 85.7 cm³/mol. The molecule has 0 aromatic heterocycles. The van der Waals surface area contributed by atoms with Crippen molar-refractivity contribution < 1.29 is 18.3 Å². The molecular formula is C18H19F2NO2.